The van der Waals surface area contributed by atoms with Gasteiger partial charge in [-0.05, 0) is 50.9 Å². The molecule has 2 saturated heterocycles. The second-order valence-corrected chi connectivity index (χ2v) is 9.13. The number of hydrogen-bond donors (Lipinski definition) is 1. The predicted octanol–water partition coefficient (Wildman–Crippen LogP) is 2.63. The largest absolute Gasteiger partial charge is 0.468 e. The van der Waals surface area contributed by atoms with Crippen LogP contribution in [-0.4, -0.2) is 68.5 Å². The number of para-hydroxylation sites is 1. The van der Waals surface area contributed by atoms with Crippen molar-refractivity contribution < 1.29 is 13.9 Å². The number of carbonyl (C=O) groups excluding carboxylic acids is 1. The van der Waals surface area contributed by atoms with E-state index in [1.54, 1.807) is 25.6 Å². The molecule has 2 fully saturated rings. The first kappa shape index (κ1) is 22.5. The number of nitrogens with zero attached hydrogens (tertiary/aromatic N) is 6. The van der Waals surface area contributed by atoms with Crippen molar-refractivity contribution in [2.45, 2.75) is 38.3 Å². The fraction of sp³-hybridized carbons (Fsp3) is 0.500. The number of aromatic nitrogens is 4. The summed E-state index contributed by atoms with van der Waals surface area (Å²) in [5.41, 5.74) is 7.66. The number of halogens is 1. The van der Waals surface area contributed by atoms with Crippen molar-refractivity contribution in [1.82, 2.24) is 29.3 Å². The normalized spacial score (nSPS) is 18.5. The maximum Gasteiger partial charge on any atom is 0.297 e. The number of carbonyl (C=O) groups is 1. The molecule has 10 heteroatoms. The van der Waals surface area contributed by atoms with Gasteiger partial charge in [0.05, 0.1) is 12.6 Å². The van der Waals surface area contributed by atoms with Crippen molar-refractivity contribution in [2.75, 3.05) is 39.0 Å². The minimum Gasteiger partial charge on any atom is -0.468 e. The number of piperidine rings is 2. The van der Waals surface area contributed by atoms with Crippen molar-refractivity contribution in [3.8, 4) is 6.01 Å². The highest BCUT2D eigenvalue weighted by Gasteiger charge is 2.32. The third-order valence-corrected chi connectivity index (χ3v) is 7.03. The van der Waals surface area contributed by atoms with E-state index in [0.29, 0.717) is 24.6 Å². The van der Waals surface area contributed by atoms with Crippen LogP contribution in [0.3, 0.4) is 0 Å². The van der Waals surface area contributed by atoms with Crippen molar-refractivity contribution in [3.05, 3.63) is 42.0 Å². The van der Waals surface area contributed by atoms with E-state index >= 15 is 0 Å². The van der Waals surface area contributed by atoms with Gasteiger partial charge in [-0.25, -0.2) is 14.4 Å². The van der Waals surface area contributed by atoms with E-state index in [4.69, 9.17) is 10.5 Å². The number of methoxy groups -OCH3 is 1. The van der Waals surface area contributed by atoms with Crippen LogP contribution < -0.4 is 10.5 Å². The number of anilines is 1. The molecule has 0 spiro atoms. The van der Waals surface area contributed by atoms with Gasteiger partial charge in [-0.1, -0.05) is 6.07 Å². The van der Waals surface area contributed by atoms with Gasteiger partial charge in [-0.2, -0.15) is 4.98 Å². The summed E-state index contributed by atoms with van der Waals surface area (Å²) in [6, 6.07) is 5.52. The molecule has 2 aliphatic rings. The standard InChI is InChI=1S/C24H30FN7O2/c1-34-24-29-21-19(25)3-2-4-20(21)32(24)18-7-11-31(12-8-18)22(33)17-5-9-30(10-6-17)15-16-13-27-23(26)28-14-16/h2-4,13-14,17-18H,5-12,15H2,1H3,(H2,26,27,28). The summed E-state index contributed by atoms with van der Waals surface area (Å²) in [5.74, 6) is 0.247. The third-order valence-electron chi connectivity index (χ3n) is 7.03. The Balaban J connectivity index is 1.17. The van der Waals surface area contributed by atoms with Crippen LogP contribution in [0.1, 0.15) is 37.3 Å². The van der Waals surface area contributed by atoms with Gasteiger partial charge in [-0.3, -0.25) is 14.3 Å². The van der Waals surface area contributed by atoms with E-state index < -0.39 is 0 Å². The number of nitrogens with two attached hydrogens (primary N) is 1. The molecule has 34 heavy (non-hydrogen) atoms. The monoisotopic (exact) mass is 467 g/mol. The number of rotatable bonds is 5. The molecule has 0 bridgehead atoms. The zero-order valence-electron chi connectivity index (χ0n) is 19.4. The lowest BCUT2D eigenvalue weighted by atomic mass is 9.93. The Morgan fingerprint density at radius 3 is 2.50 bits per heavy atom. The molecule has 5 rings (SSSR count). The Bertz CT molecular complexity index is 1150. The first-order chi connectivity index (χ1) is 16.5. The third kappa shape index (κ3) is 4.42. The number of ether oxygens (including phenoxy) is 1. The quantitative estimate of drug-likeness (QED) is 0.615. The van der Waals surface area contributed by atoms with Gasteiger partial charge in [0.15, 0.2) is 5.82 Å². The molecule has 1 aromatic carbocycles. The molecule has 0 aliphatic carbocycles. The Morgan fingerprint density at radius 2 is 1.82 bits per heavy atom. The Labute approximate surface area is 197 Å². The Hall–Kier alpha value is -3.27. The van der Waals surface area contributed by atoms with E-state index in [1.807, 2.05) is 15.5 Å². The summed E-state index contributed by atoms with van der Waals surface area (Å²) < 4.78 is 21.7. The van der Waals surface area contributed by atoms with Gasteiger partial charge in [0.2, 0.25) is 11.9 Å². The highest BCUT2D eigenvalue weighted by molar-refractivity contribution is 5.79. The molecule has 4 heterocycles. The molecule has 9 nitrogen and oxygen atoms in total. The zero-order valence-corrected chi connectivity index (χ0v) is 19.4. The van der Waals surface area contributed by atoms with Gasteiger partial charge in [0.25, 0.3) is 6.01 Å². The molecular weight excluding hydrogens is 437 g/mol. The van der Waals surface area contributed by atoms with Gasteiger partial charge in [0.1, 0.15) is 5.52 Å². The van der Waals surface area contributed by atoms with E-state index in [9.17, 15) is 9.18 Å². The van der Waals surface area contributed by atoms with E-state index in [2.05, 4.69) is 19.9 Å². The van der Waals surface area contributed by atoms with Crippen molar-refractivity contribution in [1.29, 1.82) is 0 Å². The fourth-order valence-corrected chi connectivity index (χ4v) is 5.20. The van der Waals surface area contributed by atoms with Crippen molar-refractivity contribution >= 4 is 22.9 Å². The maximum absolute atomic E-state index is 14.2. The molecule has 180 valence electrons. The van der Waals surface area contributed by atoms with Crippen LogP contribution in [0.15, 0.2) is 30.6 Å². The number of imidazole rings is 1. The molecule has 0 radical (unpaired) electrons. The van der Waals surface area contributed by atoms with Crippen LogP contribution in [0.2, 0.25) is 0 Å². The van der Waals surface area contributed by atoms with Gasteiger partial charge in [-0.15, -0.1) is 0 Å². The fourth-order valence-electron chi connectivity index (χ4n) is 5.20. The lowest BCUT2D eigenvalue weighted by Gasteiger charge is -2.37. The lowest BCUT2D eigenvalue weighted by molar-refractivity contribution is -0.138. The van der Waals surface area contributed by atoms with Crippen LogP contribution in [0, 0.1) is 11.7 Å². The smallest absolute Gasteiger partial charge is 0.297 e. The average molecular weight is 468 g/mol. The summed E-state index contributed by atoms with van der Waals surface area (Å²) in [5, 5.41) is 0. The van der Waals surface area contributed by atoms with E-state index in [1.165, 1.54) is 6.07 Å². The van der Waals surface area contributed by atoms with Crippen LogP contribution >= 0.6 is 0 Å². The van der Waals surface area contributed by atoms with Gasteiger partial charge >= 0.3 is 0 Å². The zero-order chi connectivity index (χ0) is 23.7. The predicted molar refractivity (Wildman–Crippen MR) is 126 cm³/mol. The first-order valence-electron chi connectivity index (χ1n) is 11.8. The molecular formula is C24H30FN7O2. The molecule has 0 saturated carbocycles. The number of fused-ring (bicyclic) bond motifs is 1. The lowest BCUT2D eigenvalue weighted by Crippen LogP contribution is -2.45. The Kier molecular flexibility index (Phi) is 6.32. The van der Waals surface area contributed by atoms with Crippen LogP contribution in [0.25, 0.3) is 11.0 Å². The number of nitrogen functional groups attached to an aromatic ring is 1. The molecule has 0 atom stereocenters. The number of amides is 1. The topological polar surface area (TPSA) is 102 Å². The van der Waals surface area contributed by atoms with E-state index in [-0.39, 0.29) is 29.6 Å². The Morgan fingerprint density at radius 1 is 1.12 bits per heavy atom. The SMILES string of the molecule is COc1nc2c(F)cccc2n1C1CCN(C(=O)C2CCN(Cc3cnc(N)nc3)CC2)CC1. The van der Waals surface area contributed by atoms with Crippen LogP contribution in [0.5, 0.6) is 6.01 Å². The molecule has 0 unspecified atom stereocenters. The highest BCUT2D eigenvalue weighted by Crippen LogP contribution is 2.33. The molecule has 3 aromatic rings. The number of hydrogen-bond acceptors (Lipinski definition) is 7. The van der Waals surface area contributed by atoms with Crippen molar-refractivity contribution in [3.63, 3.8) is 0 Å². The maximum atomic E-state index is 14.2. The highest BCUT2D eigenvalue weighted by atomic mass is 19.1. The molecule has 2 N–H and O–H groups in total. The minimum absolute atomic E-state index is 0.0631. The second kappa shape index (κ2) is 9.54. The summed E-state index contributed by atoms with van der Waals surface area (Å²) >= 11 is 0. The summed E-state index contributed by atoms with van der Waals surface area (Å²) in [6.07, 6.45) is 6.81. The summed E-state index contributed by atoms with van der Waals surface area (Å²) in [4.78, 5) is 30.0. The molecule has 1 amide bonds. The second-order valence-electron chi connectivity index (χ2n) is 9.13. The molecule has 2 aromatic heterocycles. The van der Waals surface area contributed by atoms with Gasteiger partial charge < -0.3 is 15.4 Å². The van der Waals surface area contributed by atoms with Crippen LogP contribution in [0.4, 0.5) is 10.3 Å². The average Bonchev–Trinajstić information content (AvgIpc) is 3.26. The van der Waals surface area contributed by atoms with Crippen LogP contribution in [-0.2, 0) is 11.3 Å². The van der Waals surface area contributed by atoms with Gasteiger partial charge in [0, 0.05) is 49.6 Å². The first-order valence-corrected chi connectivity index (χ1v) is 11.8. The van der Waals surface area contributed by atoms with E-state index in [0.717, 1.165) is 56.4 Å². The summed E-state index contributed by atoms with van der Waals surface area (Å²) in [7, 11) is 1.56. The number of likely N-dealkylation sites (tertiary alicyclic amines) is 2. The number of benzene rings is 1. The minimum atomic E-state index is -0.350. The molecule has 2 aliphatic heterocycles. The van der Waals surface area contributed by atoms with Crippen molar-refractivity contribution in [2.24, 2.45) is 5.92 Å². The summed E-state index contributed by atoms with van der Waals surface area (Å²) in [6.45, 7) is 3.89.